The Bertz CT molecular complexity index is 1170. The average molecular weight is 437 g/mol. The molecule has 1 heterocycles. The number of primary amides is 1. The molecule has 33 heavy (non-hydrogen) atoms. The molecule has 4 heteroatoms. The number of carbonyl (C=O) groups is 1. The van der Waals surface area contributed by atoms with Crippen molar-refractivity contribution in [2.24, 2.45) is 5.73 Å². The fourth-order valence-corrected chi connectivity index (χ4v) is 4.43. The number of aryl methyl sites for hydroxylation is 1. The Kier molecular flexibility index (Phi) is 6.84. The van der Waals surface area contributed by atoms with Crippen LogP contribution in [0.5, 0.6) is 0 Å². The quantitative estimate of drug-likeness (QED) is 0.381. The molecule has 2 N–H and O–H groups in total. The molecule has 0 aliphatic carbocycles. The van der Waals surface area contributed by atoms with E-state index in [4.69, 9.17) is 5.73 Å². The third-order valence-electron chi connectivity index (χ3n) is 6.35. The summed E-state index contributed by atoms with van der Waals surface area (Å²) in [5, 5.41) is 0. The number of nitrogens with zero attached hydrogens (tertiary/aromatic N) is 2. The molecule has 0 saturated carbocycles. The molecule has 0 atom stereocenters. The molecule has 3 aromatic carbocycles. The fraction of sp³-hybridized carbons (Fsp3) is 0.172. The monoisotopic (exact) mass is 436 g/mol. The third-order valence-corrected chi connectivity index (χ3v) is 6.35. The van der Waals surface area contributed by atoms with E-state index >= 15 is 0 Å². The highest BCUT2D eigenvalue weighted by Gasteiger charge is 2.40. The molecule has 0 bridgehead atoms. The summed E-state index contributed by atoms with van der Waals surface area (Å²) in [7, 11) is 0. The van der Waals surface area contributed by atoms with Crippen molar-refractivity contribution in [1.29, 1.82) is 0 Å². The zero-order valence-electron chi connectivity index (χ0n) is 19.0. The molecular formula is C29H30N3O+. The van der Waals surface area contributed by atoms with Crippen molar-refractivity contribution in [2.75, 3.05) is 0 Å². The number of nitrogens with two attached hydrogens (primary N) is 1. The summed E-state index contributed by atoms with van der Waals surface area (Å²) in [5.74, 6) is 0.801. The normalized spacial score (nSPS) is 11.7. The van der Waals surface area contributed by atoms with Crippen LogP contribution in [0.1, 0.15) is 28.9 Å². The van der Waals surface area contributed by atoms with Crippen molar-refractivity contribution in [3.05, 3.63) is 132 Å². The smallest absolute Gasteiger partial charge is 0.253 e. The molecule has 0 saturated heterocycles. The van der Waals surface area contributed by atoms with Gasteiger partial charge in [0.15, 0.2) is 0 Å². The second kappa shape index (κ2) is 10.1. The summed E-state index contributed by atoms with van der Waals surface area (Å²) in [6, 6.07) is 30.0. The van der Waals surface area contributed by atoms with Gasteiger partial charge < -0.3 is 5.73 Å². The van der Waals surface area contributed by atoms with Crippen LogP contribution in [0, 0.1) is 6.92 Å². The van der Waals surface area contributed by atoms with Gasteiger partial charge in [0.05, 0.1) is 6.54 Å². The van der Waals surface area contributed by atoms with Gasteiger partial charge in [0, 0.05) is 13.3 Å². The molecule has 4 aromatic rings. The van der Waals surface area contributed by atoms with Gasteiger partial charge in [-0.3, -0.25) is 4.79 Å². The zero-order valence-corrected chi connectivity index (χ0v) is 19.0. The van der Waals surface area contributed by atoms with E-state index in [1.54, 1.807) is 0 Å². The molecular weight excluding hydrogens is 406 g/mol. The third kappa shape index (κ3) is 4.80. The molecule has 0 fully saturated rings. The molecule has 4 nitrogen and oxygen atoms in total. The Morgan fingerprint density at radius 1 is 0.909 bits per heavy atom. The molecule has 0 spiro atoms. The number of hydrogen-bond donors (Lipinski definition) is 1. The van der Waals surface area contributed by atoms with E-state index in [9.17, 15) is 4.79 Å². The fourth-order valence-electron chi connectivity index (χ4n) is 4.43. The van der Waals surface area contributed by atoms with Crippen molar-refractivity contribution in [2.45, 2.75) is 31.8 Å². The van der Waals surface area contributed by atoms with E-state index in [1.165, 1.54) is 5.56 Å². The minimum absolute atomic E-state index is 0.330. The van der Waals surface area contributed by atoms with Crippen LogP contribution >= 0.6 is 0 Å². The Labute approximate surface area is 195 Å². The number of benzene rings is 3. The number of amides is 1. The van der Waals surface area contributed by atoms with Gasteiger partial charge >= 0.3 is 0 Å². The van der Waals surface area contributed by atoms with Crippen LogP contribution in [-0.4, -0.2) is 10.5 Å². The van der Waals surface area contributed by atoms with Gasteiger partial charge in [-0.25, -0.2) is 9.13 Å². The predicted molar refractivity (Wildman–Crippen MR) is 132 cm³/mol. The van der Waals surface area contributed by atoms with Gasteiger partial charge in [0.1, 0.15) is 24.4 Å². The van der Waals surface area contributed by atoms with Crippen LogP contribution < -0.4 is 10.3 Å². The van der Waals surface area contributed by atoms with E-state index < -0.39 is 5.41 Å². The average Bonchev–Trinajstić information content (AvgIpc) is 3.21. The molecule has 1 aromatic heterocycles. The van der Waals surface area contributed by atoms with Crippen LogP contribution in [0.3, 0.4) is 0 Å². The highest BCUT2D eigenvalue weighted by atomic mass is 16.1. The summed E-state index contributed by atoms with van der Waals surface area (Å²) in [4.78, 5) is 13.0. The zero-order chi connectivity index (χ0) is 23.1. The first kappa shape index (κ1) is 22.3. The number of hydrogen-bond acceptors (Lipinski definition) is 1. The highest BCUT2D eigenvalue weighted by Crippen LogP contribution is 2.36. The first-order chi connectivity index (χ1) is 16.1. The van der Waals surface area contributed by atoms with Gasteiger partial charge in [0.25, 0.3) is 5.82 Å². The lowest BCUT2D eigenvalue weighted by Crippen LogP contribution is -2.43. The Hall–Kier alpha value is -3.92. The van der Waals surface area contributed by atoms with Crippen LogP contribution in [0.4, 0.5) is 0 Å². The van der Waals surface area contributed by atoms with Crippen molar-refractivity contribution in [3.63, 3.8) is 0 Å². The molecule has 0 unspecified atom stereocenters. The van der Waals surface area contributed by atoms with E-state index in [0.717, 1.165) is 23.5 Å². The molecule has 0 aliphatic rings. The topological polar surface area (TPSA) is 51.9 Å². The first-order valence-electron chi connectivity index (χ1n) is 11.3. The van der Waals surface area contributed by atoms with Crippen molar-refractivity contribution >= 4 is 12.0 Å². The number of imidazole rings is 1. The van der Waals surface area contributed by atoms with Gasteiger partial charge in [-0.2, -0.15) is 0 Å². The molecule has 0 radical (unpaired) electrons. The summed E-state index contributed by atoms with van der Waals surface area (Å²) in [5.41, 5.74) is 8.24. The van der Waals surface area contributed by atoms with Crippen LogP contribution in [0.15, 0.2) is 109 Å². The van der Waals surface area contributed by atoms with E-state index in [-0.39, 0.29) is 5.91 Å². The SMILES string of the molecule is Cc1n(CCC(C(N)=O)(c2ccccc2)c2ccccc2)cc[n+]1C/C=C/c1ccccc1. The number of allylic oxidation sites excluding steroid dienone is 1. The highest BCUT2D eigenvalue weighted by molar-refractivity contribution is 5.90. The van der Waals surface area contributed by atoms with Gasteiger partial charge in [-0.1, -0.05) is 97.1 Å². The summed E-state index contributed by atoms with van der Waals surface area (Å²) in [6.45, 7) is 3.56. The van der Waals surface area contributed by atoms with Crippen molar-refractivity contribution < 1.29 is 9.36 Å². The lowest BCUT2D eigenvalue weighted by molar-refractivity contribution is -0.692. The maximum absolute atomic E-state index is 13.0. The molecule has 4 rings (SSSR count). The van der Waals surface area contributed by atoms with Crippen LogP contribution in [-0.2, 0) is 23.3 Å². The van der Waals surface area contributed by atoms with E-state index in [2.05, 4.69) is 52.7 Å². The van der Waals surface area contributed by atoms with E-state index in [0.29, 0.717) is 13.0 Å². The second-order valence-corrected chi connectivity index (χ2v) is 8.26. The van der Waals surface area contributed by atoms with Gasteiger partial charge in [-0.15, -0.1) is 0 Å². The maximum Gasteiger partial charge on any atom is 0.253 e. The van der Waals surface area contributed by atoms with E-state index in [1.807, 2.05) is 78.9 Å². The second-order valence-electron chi connectivity index (χ2n) is 8.26. The van der Waals surface area contributed by atoms with Gasteiger partial charge in [-0.05, 0) is 22.8 Å². The first-order valence-corrected chi connectivity index (χ1v) is 11.3. The standard InChI is InChI=1S/C29H29N3O/c1-24-31(20-11-14-25-12-5-2-6-13-25)22-23-32(24)21-19-29(28(30)33,26-15-7-3-8-16-26)27-17-9-4-10-18-27/h2-18,22-23H,19-21H2,1H3,(H-,30,33)/p+1/b14-11+. The Balaban J connectivity index is 1.58. The Morgan fingerprint density at radius 3 is 2.00 bits per heavy atom. The van der Waals surface area contributed by atoms with Crippen molar-refractivity contribution in [3.8, 4) is 0 Å². The largest absolute Gasteiger partial charge is 0.369 e. The maximum atomic E-state index is 13.0. The van der Waals surface area contributed by atoms with Crippen LogP contribution in [0.25, 0.3) is 6.08 Å². The van der Waals surface area contributed by atoms with Crippen molar-refractivity contribution in [1.82, 2.24) is 4.57 Å². The minimum atomic E-state index is -0.892. The summed E-state index contributed by atoms with van der Waals surface area (Å²) in [6.07, 6.45) is 9.03. The summed E-state index contributed by atoms with van der Waals surface area (Å²) >= 11 is 0. The lowest BCUT2D eigenvalue weighted by Gasteiger charge is -2.31. The Morgan fingerprint density at radius 2 is 1.45 bits per heavy atom. The summed E-state index contributed by atoms with van der Waals surface area (Å²) < 4.78 is 4.40. The van der Waals surface area contributed by atoms with Gasteiger partial charge in [0.2, 0.25) is 5.91 Å². The lowest BCUT2D eigenvalue weighted by atomic mass is 9.71. The number of aromatic nitrogens is 2. The molecule has 0 aliphatic heterocycles. The predicted octanol–water partition coefficient (Wildman–Crippen LogP) is 4.66. The molecule has 166 valence electrons. The minimum Gasteiger partial charge on any atom is -0.369 e. The number of rotatable bonds is 9. The van der Waals surface area contributed by atoms with Crippen LogP contribution in [0.2, 0.25) is 0 Å². The number of carbonyl (C=O) groups excluding carboxylic acids is 1. The molecule has 1 amide bonds.